The number of aromatic nitrogens is 1. The summed E-state index contributed by atoms with van der Waals surface area (Å²) < 4.78 is 0. The molecule has 1 atom stereocenters. The number of amides is 2. The SMILES string of the molecule is CC(=O)N1CC2(CCN(C(=O)Cc3cccnc3)CC2)CC1C(=O)O. The van der Waals surface area contributed by atoms with Crippen molar-refractivity contribution in [3.63, 3.8) is 0 Å². The van der Waals surface area contributed by atoms with Crippen LogP contribution in [0.1, 0.15) is 31.7 Å². The molecule has 7 heteroatoms. The number of aliphatic carboxylic acids is 1. The minimum atomic E-state index is -0.942. The van der Waals surface area contributed by atoms with Crippen molar-refractivity contribution in [2.24, 2.45) is 5.41 Å². The summed E-state index contributed by atoms with van der Waals surface area (Å²) in [5.74, 6) is -1.07. The van der Waals surface area contributed by atoms with Crippen molar-refractivity contribution in [1.82, 2.24) is 14.8 Å². The van der Waals surface area contributed by atoms with E-state index >= 15 is 0 Å². The number of piperidine rings is 1. The van der Waals surface area contributed by atoms with Crippen LogP contribution in [-0.2, 0) is 20.8 Å². The van der Waals surface area contributed by atoms with Crippen molar-refractivity contribution < 1.29 is 19.5 Å². The number of carbonyl (C=O) groups is 3. The van der Waals surface area contributed by atoms with Gasteiger partial charge in [-0.15, -0.1) is 0 Å². The molecule has 0 saturated carbocycles. The zero-order chi connectivity index (χ0) is 18.0. The second-order valence-corrected chi connectivity index (χ2v) is 7.12. The number of likely N-dealkylation sites (tertiary alicyclic amines) is 2. The van der Waals surface area contributed by atoms with Crippen LogP contribution in [-0.4, -0.2) is 63.4 Å². The van der Waals surface area contributed by atoms with E-state index in [1.165, 1.54) is 11.8 Å². The van der Waals surface area contributed by atoms with E-state index in [0.29, 0.717) is 32.5 Å². The maximum absolute atomic E-state index is 12.5. The van der Waals surface area contributed by atoms with Gasteiger partial charge in [-0.05, 0) is 36.3 Å². The minimum absolute atomic E-state index is 0.0686. The van der Waals surface area contributed by atoms with E-state index in [9.17, 15) is 19.5 Å². The molecule has 3 rings (SSSR count). The molecular weight excluding hydrogens is 322 g/mol. The lowest BCUT2D eigenvalue weighted by molar-refractivity contribution is -0.147. The van der Waals surface area contributed by atoms with Gasteiger partial charge in [0.05, 0.1) is 6.42 Å². The van der Waals surface area contributed by atoms with Gasteiger partial charge in [0, 0.05) is 39.0 Å². The highest BCUT2D eigenvalue weighted by Gasteiger charge is 2.49. The molecule has 0 radical (unpaired) electrons. The Hall–Kier alpha value is -2.44. The molecule has 1 N–H and O–H groups in total. The highest BCUT2D eigenvalue weighted by Crippen LogP contribution is 2.43. The quantitative estimate of drug-likeness (QED) is 0.880. The topological polar surface area (TPSA) is 90.8 Å². The molecule has 2 fully saturated rings. The Morgan fingerprint density at radius 3 is 2.56 bits per heavy atom. The van der Waals surface area contributed by atoms with E-state index in [1.54, 1.807) is 12.4 Å². The smallest absolute Gasteiger partial charge is 0.326 e. The number of hydrogen-bond acceptors (Lipinski definition) is 4. The Labute approximate surface area is 146 Å². The normalized spacial score (nSPS) is 22.2. The van der Waals surface area contributed by atoms with Crippen LogP contribution < -0.4 is 0 Å². The standard InChI is InChI=1S/C18H23N3O4/c1-13(22)21-12-18(10-15(21)17(24)25)4-7-20(8-5-18)16(23)9-14-3-2-6-19-11-14/h2-3,6,11,15H,4-5,7-10,12H2,1H3,(H,24,25). The molecule has 3 heterocycles. The van der Waals surface area contributed by atoms with Gasteiger partial charge in [0.25, 0.3) is 0 Å². The summed E-state index contributed by atoms with van der Waals surface area (Å²) in [5.41, 5.74) is 0.710. The molecule has 2 amide bonds. The second kappa shape index (κ2) is 6.82. The van der Waals surface area contributed by atoms with Crippen molar-refractivity contribution in [2.75, 3.05) is 19.6 Å². The number of carboxylic acids is 1. The fraction of sp³-hybridized carbons (Fsp3) is 0.556. The van der Waals surface area contributed by atoms with Gasteiger partial charge < -0.3 is 14.9 Å². The Bertz CT molecular complexity index is 644. The lowest BCUT2D eigenvalue weighted by atomic mass is 9.76. The van der Waals surface area contributed by atoms with Crippen molar-refractivity contribution in [3.8, 4) is 0 Å². The number of hydrogen-bond donors (Lipinski definition) is 1. The fourth-order valence-corrected chi connectivity index (χ4v) is 3.99. The third-order valence-electron chi connectivity index (χ3n) is 5.45. The molecule has 1 aromatic rings. The molecule has 0 aliphatic carbocycles. The molecule has 2 aliphatic rings. The maximum atomic E-state index is 12.5. The van der Waals surface area contributed by atoms with E-state index in [4.69, 9.17) is 0 Å². The lowest BCUT2D eigenvalue weighted by Gasteiger charge is -2.39. The van der Waals surface area contributed by atoms with Crippen LogP contribution in [0.2, 0.25) is 0 Å². The summed E-state index contributed by atoms with van der Waals surface area (Å²) in [5, 5.41) is 9.39. The molecule has 7 nitrogen and oxygen atoms in total. The summed E-state index contributed by atoms with van der Waals surface area (Å²) >= 11 is 0. The molecule has 1 aromatic heterocycles. The zero-order valence-corrected chi connectivity index (χ0v) is 14.4. The molecule has 1 unspecified atom stereocenters. The molecule has 2 saturated heterocycles. The molecule has 134 valence electrons. The molecular formula is C18H23N3O4. The number of rotatable bonds is 3. The first-order valence-electron chi connectivity index (χ1n) is 8.57. The van der Waals surface area contributed by atoms with Crippen LogP contribution in [0.4, 0.5) is 0 Å². The first-order chi connectivity index (χ1) is 11.9. The Morgan fingerprint density at radius 2 is 2.04 bits per heavy atom. The van der Waals surface area contributed by atoms with Crippen LogP contribution in [0, 0.1) is 5.41 Å². The molecule has 0 bridgehead atoms. The van der Waals surface area contributed by atoms with Gasteiger partial charge in [0.2, 0.25) is 11.8 Å². The number of nitrogens with zero attached hydrogens (tertiary/aromatic N) is 3. The van der Waals surface area contributed by atoms with Crippen LogP contribution in [0.3, 0.4) is 0 Å². The molecule has 0 aromatic carbocycles. The highest BCUT2D eigenvalue weighted by molar-refractivity contribution is 5.83. The van der Waals surface area contributed by atoms with Crippen molar-refractivity contribution in [3.05, 3.63) is 30.1 Å². The third kappa shape index (κ3) is 3.65. The van der Waals surface area contributed by atoms with Crippen molar-refractivity contribution in [1.29, 1.82) is 0 Å². The van der Waals surface area contributed by atoms with E-state index in [0.717, 1.165) is 18.4 Å². The maximum Gasteiger partial charge on any atom is 0.326 e. The average Bonchev–Trinajstić information content (AvgIpc) is 2.96. The zero-order valence-electron chi connectivity index (χ0n) is 14.4. The van der Waals surface area contributed by atoms with Crippen LogP contribution in [0.25, 0.3) is 0 Å². The molecule has 25 heavy (non-hydrogen) atoms. The summed E-state index contributed by atoms with van der Waals surface area (Å²) in [6, 6.07) is 2.96. The Morgan fingerprint density at radius 1 is 1.32 bits per heavy atom. The molecule has 1 spiro atoms. The minimum Gasteiger partial charge on any atom is -0.480 e. The Balaban J connectivity index is 1.61. The van der Waals surface area contributed by atoms with Gasteiger partial charge in [-0.25, -0.2) is 4.79 Å². The van der Waals surface area contributed by atoms with E-state index in [2.05, 4.69) is 4.98 Å². The van der Waals surface area contributed by atoms with Crippen molar-refractivity contribution >= 4 is 17.8 Å². The van der Waals surface area contributed by atoms with Gasteiger partial charge in [-0.2, -0.15) is 0 Å². The largest absolute Gasteiger partial charge is 0.480 e. The number of pyridine rings is 1. The van der Waals surface area contributed by atoms with E-state index in [1.807, 2.05) is 17.0 Å². The predicted molar refractivity (Wildman–Crippen MR) is 89.6 cm³/mol. The Kier molecular flexibility index (Phi) is 4.74. The first-order valence-corrected chi connectivity index (χ1v) is 8.57. The fourth-order valence-electron chi connectivity index (χ4n) is 3.99. The van der Waals surface area contributed by atoms with E-state index in [-0.39, 0.29) is 17.2 Å². The van der Waals surface area contributed by atoms with Gasteiger partial charge in [-0.3, -0.25) is 14.6 Å². The van der Waals surface area contributed by atoms with Crippen LogP contribution >= 0.6 is 0 Å². The number of carboxylic acid groups (broad SMARTS) is 1. The monoisotopic (exact) mass is 345 g/mol. The summed E-state index contributed by atoms with van der Waals surface area (Å²) in [7, 11) is 0. The second-order valence-electron chi connectivity index (χ2n) is 7.12. The van der Waals surface area contributed by atoms with Crippen LogP contribution in [0.5, 0.6) is 0 Å². The number of carbonyl (C=O) groups excluding carboxylic acids is 2. The summed E-state index contributed by atoms with van der Waals surface area (Å²) in [4.78, 5) is 43.0. The third-order valence-corrected chi connectivity index (χ3v) is 5.45. The van der Waals surface area contributed by atoms with Gasteiger partial charge in [0.1, 0.15) is 6.04 Å². The van der Waals surface area contributed by atoms with Gasteiger partial charge in [0.15, 0.2) is 0 Å². The average molecular weight is 345 g/mol. The van der Waals surface area contributed by atoms with Crippen molar-refractivity contribution in [2.45, 2.75) is 38.6 Å². The van der Waals surface area contributed by atoms with Gasteiger partial charge >= 0.3 is 5.97 Å². The summed E-state index contributed by atoms with van der Waals surface area (Å²) in [6.45, 7) is 3.11. The van der Waals surface area contributed by atoms with Crippen LogP contribution in [0.15, 0.2) is 24.5 Å². The highest BCUT2D eigenvalue weighted by atomic mass is 16.4. The van der Waals surface area contributed by atoms with Gasteiger partial charge in [-0.1, -0.05) is 6.07 Å². The summed E-state index contributed by atoms with van der Waals surface area (Å²) in [6.07, 6.45) is 5.66. The van der Waals surface area contributed by atoms with E-state index < -0.39 is 12.0 Å². The first kappa shape index (κ1) is 17.4. The lowest BCUT2D eigenvalue weighted by Crippen LogP contribution is -2.45. The molecule has 2 aliphatic heterocycles. The predicted octanol–water partition coefficient (Wildman–Crippen LogP) is 0.938.